The molecule has 1 aromatic carbocycles. The fraction of sp³-hybridized carbons (Fsp3) is 0.118. The fourth-order valence-corrected chi connectivity index (χ4v) is 3.20. The Morgan fingerprint density at radius 2 is 2.08 bits per heavy atom. The number of carbonyl (C=O) groups is 1. The van der Waals surface area contributed by atoms with Gasteiger partial charge in [-0.25, -0.2) is 4.68 Å². The molecule has 0 saturated heterocycles. The van der Waals surface area contributed by atoms with Crippen LogP contribution >= 0.6 is 15.9 Å². The fourth-order valence-electron chi connectivity index (χ4n) is 2.93. The molecule has 8 heteroatoms. The molecule has 2 aromatic heterocycles. The first-order valence-electron chi connectivity index (χ1n) is 7.58. The quantitative estimate of drug-likeness (QED) is 0.704. The molecule has 25 heavy (non-hydrogen) atoms. The van der Waals surface area contributed by atoms with E-state index in [-0.39, 0.29) is 0 Å². The largest absolute Gasteiger partial charge is 0.461 e. The van der Waals surface area contributed by atoms with Gasteiger partial charge in [0.1, 0.15) is 6.04 Å². The highest BCUT2D eigenvalue weighted by atomic mass is 79.9. The van der Waals surface area contributed by atoms with Gasteiger partial charge in [-0.15, -0.1) is 5.10 Å². The molecule has 0 radical (unpaired) electrons. The molecule has 0 aliphatic carbocycles. The predicted molar refractivity (Wildman–Crippen MR) is 95.5 cm³/mol. The second kappa shape index (κ2) is 5.89. The summed E-state index contributed by atoms with van der Waals surface area (Å²) in [5, 5.41) is 7.64. The van der Waals surface area contributed by atoms with Gasteiger partial charge in [0.05, 0.1) is 11.8 Å². The second-order valence-electron chi connectivity index (χ2n) is 5.66. The molecule has 1 aliphatic heterocycles. The molecule has 7 nitrogen and oxygen atoms in total. The van der Waals surface area contributed by atoms with E-state index in [0.717, 1.165) is 10.0 Å². The Kier molecular flexibility index (Phi) is 3.69. The van der Waals surface area contributed by atoms with Crippen molar-refractivity contribution in [3.63, 3.8) is 0 Å². The van der Waals surface area contributed by atoms with Gasteiger partial charge in [0.25, 0.3) is 0 Å². The molecule has 0 bridgehead atoms. The minimum atomic E-state index is -0.501. The summed E-state index contributed by atoms with van der Waals surface area (Å²) in [6, 6.07) is 10.8. The maximum Gasteiger partial charge on any atom is 0.248 e. The number of hydrogen-bond donors (Lipinski definition) is 2. The maximum atomic E-state index is 12.1. The number of allylic oxidation sites excluding steroid dienone is 1. The van der Waals surface area contributed by atoms with Crippen LogP contribution < -0.4 is 11.1 Å². The van der Waals surface area contributed by atoms with Crippen LogP contribution in [0.3, 0.4) is 0 Å². The molecular formula is C17H14BrN5O2. The molecule has 0 unspecified atom stereocenters. The number of carbonyl (C=O) groups excluding carboxylic acids is 1. The minimum absolute atomic E-state index is 0.438. The minimum Gasteiger partial charge on any atom is -0.461 e. The molecular weight excluding hydrogens is 386 g/mol. The number of furan rings is 1. The lowest BCUT2D eigenvalue weighted by Crippen LogP contribution is -2.31. The van der Waals surface area contributed by atoms with Crippen LogP contribution in [0.1, 0.15) is 18.5 Å². The number of nitrogens with one attached hydrogen (secondary N) is 1. The highest BCUT2D eigenvalue weighted by Crippen LogP contribution is 2.36. The van der Waals surface area contributed by atoms with Gasteiger partial charge in [0.2, 0.25) is 17.7 Å². The molecule has 3 aromatic rings. The van der Waals surface area contributed by atoms with Crippen LogP contribution in [-0.4, -0.2) is 20.7 Å². The smallest absolute Gasteiger partial charge is 0.248 e. The Morgan fingerprint density at radius 1 is 1.32 bits per heavy atom. The number of primary amides is 1. The van der Waals surface area contributed by atoms with Crippen molar-refractivity contribution < 1.29 is 9.21 Å². The van der Waals surface area contributed by atoms with Crippen LogP contribution in [0.4, 0.5) is 5.95 Å². The Balaban J connectivity index is 1.89. The Bertz CT molecular complexity index is 973. The van der Waals surface area contributed by atoms with Crippen LogP contribution in [-0.2, 0) is 4.79 Å². The number of anilines is 1. The number of benzene rings is 1. The number of nitrogens with two attached hydrogens (primary N) is 1. The molecule has 3 N–H and O–H groups in total. The first-order chi connectivity index (χ1) is 12.0. The Morgan fingerprint density at radius 3 is 2.72 bits per heavy atom. The normalized spacial score (nSPS) is 16.5. The van der Waals surface area contributed by atoms with Crippen molar-refractivity contribution in [3.8, 4) is 11.6 Å². The Hall–Kier alpha value is -2.87. The molecule has 1 amide bonds. The maximum absolute atomic E-state index is 12.1. The van der Waals surface area contributed by atoms with Gasteiger partial charge >= 0.3 is 0 Å². The molecule has 0 spiro atoms. The highest BCUT2D eigenvalue weighted by molar-refractivity contribution is 9.10. The number of aromatic nitrogens is 3. The summed E-state index contributed by atoms with van der Waals surface area (Å²) in [5.74, 6) is 1.02. The van der Waals surface area contributed by atoms with Crippen molar-refractivity contribution in [2.45, 2.75) is 13.0 Å². The first kappa shape index (κ1) is 15.6. The van der Waals surface area contributed by atoms with Gasteiger partial charge in [-0.3, -0.25) is 4.79 Å². The van der Waals surface area contributed by atoms with Gasteiger partial charge in [0.15, 0.2) is 5.76 Å². The second-order valence-corrected chi connectivity index (χ2v) is 6.58. The van der Waals surface area contributed by atoms with E-state index in [1.165, 1.54) is 0 Å². The van der Waals surface area contributed by atoms with Crippen LogP contribution in [0.15, 0.2) is 62.8 Å². The number of fused-ring (bicyclic) bond motifs is 1. The van der Waals surface area contributed by atoms with Gasteiger partial charge in [-0.1, -0.05) is 28.1 Å². The monoisotopic (exact) mass is 399 g/mol. The lowest BCUT2D eigenvalue weighted by atomic mass is 9.95. The van der Waals surface area contributed by atoms with E-state index >= 15 is 0 Å². The van der Waals surface area contributed by atoms with Crippen molar-refractivity contribution in [3.05, 3.63) is 64.0 Å². The van der Waals surface area contributed by atoms with Crippen LogP contribution in [0.2, 0.25) is 0 Å². The average molecular weight is 400 g/mol. The zero-order valence-corrected chi connectivity index (χ0v) is 14.8. The molecule has 0 fully saturated rings. The number of amides is 1. The van der Waals surface area contributed by atoms with Gasteiger partial charge in [0, 0.05) is 10.2 Å². The van der Waals surface area contributed by atoms with Crippen LogP contribution in [0, 0.1) is 0 Å². The molecule has 4 rings (SSSR count). The lowest BCUT2D eigenvalue weighted by molar-refractivity contribution is -0.115. The van der Waals surface area contributed by atoms with Gasteiger partial charge in [-0.05, 0) is 36.8 Å². The lowest BCUT2D eigenvalue weighted by Gasteiger charge is -2.27. The van der Waals surface area contributed by atoms with E-state index in [9.17, 15) is 4.79 Å². The summed E-state index contributed by atoms with van der Waals surface area (Å²) in [5.41, 5.74) is 7.64. The molecule has 0 saturated carbocycles. The molecule has 3 heterocycles. The molecule has 1 atom stereocenters. The van der Waals surface area contributed by atoms with Crippen molar-refractivity contribution in [2.75, 3.05) is 5.32 Å². The van der Waals surface area contributed by atoms with E-state index in [1.807, 2.05) is 24.3 Å². The van der Waals surface area contributed by atoms with Crippen LogP contribution in [0.5, 0.6) is 0 Å². The third kappa shape index (κ3) is 2.64. The summed E-state index contributed by atoms with van der Waals surface area (Å²) in [6.07, 6.45) is 1.56. The molecule has 126 valence electrons. The zero-order chi connectivity index (χ0) is 17.6. The van der Waals surface area contributed by atoms with E-state index in [2.05, 4.69) is 31.3 Å². The summed E-state index contributed by atoms with van der Waals surface area (Å²) >= 11 is 3.42. The average Bonchev–Trinajstić information content (AvgIpc) is 3.23. The highest BCUT2D eigenvalue weighted by Gasteiger charge is 2.33. The van der Waals surface area contributed by atoms with E-state index in [4.69, 9.17) is 10.2 Å². The third-order valence-corrected chi connectivity index (χ3v) is 4.57. The topological polar surface area (TPSA) is 99.0 Å². The van der Waals surface area contributed by atoms with Gasteiger partial charge < -0.3 is 15.5 Å². The standard InChI is InChI=1S/C17H14BrN5O2/c1-9-13(15(19)24)14(10-4-6-11(18)7-5-10)23-17(20-9)21-16(22-23)12-3-2-8-25-12/h2-8,14H,1H3,(H2,19,24)(H,20,21,22)/t14-/m1/s1. The zero-order valence-electron chi connectivity index (χ0n) is 13.2. The third-order valence-electron chi connectivity index (χ3n) is 4.05. The van der Waals surface area contributed by atoms with Crippen LogP contribution in [0.25, 0.3) is 11.6 Å². The number of rotatable bonds is 3. The summed E-state index contributed by atoms with van der Waals surface area (Å²) in [7, 11) is 0. The van der Waals surface area contributed by atoms with E-state index < -0.39 is 11.9 Å². The van der Waals surface area contributed by atoms with Crippen molar-refractivity contribution in [2.24, 2.45) is 5.73 Å². The van der Waals surface area contributed by atoms with Gasteiger partial charge in [-0.2, -0.15) is 4.98 Å². The number of hydrogen-bond acceptors (Lipinski definition) is 5. The first-order valence-corrected chi connectivity index (χ1v) is 8.37. The summed E-state index contributed by atoms with van der Waals surface area (Å²) < 4.78 is 7.98. The summed E-state index contributed by atoms with van der Waals surface area (Å²) in [4.78, 5) is 16.6. The number of halogens is 1. The number of nitrogens with zero attached hydrogens (tertiary/aromatic N) is 3. The SMILES string of the molecule is CC1=C(C(N)=O)[C@@H](c2ccc(Br)cc2)n2nc(-c3ccco3)nc2N1. The predicted octanol–water partition coefficient (Wildman–Crippen LogP) is 3.07. The summed E-state index contributed by atoms with van der Waals surface area (Å²) in [6.45, 7) is 1.80. The van der Waals surface area contributed by atoms with Crippen molar-refractivity contribution in [1.29, 1.82) is 0 Å². The molecule has 1 aliphatic rings. The van der Waals surface area contributed by atoms with Crippen molar-refractivity contribution in [1.82, 2.24) is 14.8 Å². The van der Waals surface area contributed by atoms with Crippen molar-refractivity contribution >= 4 is 27.8 Å². The van der Waals surface area contributed by atoms with E-state index in [0.29, 0.717) is 28.8 Å². The van der Waals surface area contributed by atoms with E-state index in [1.54, 1.807) is 30.0 Å². The Labute approximate surface area is 151 Å².